The van der Waals surface area contributed by atoms with Crippen LogP contribution in [0.3, 0.4) is 0 Å². The second-order valence-electron chi connectivity index (χ2n) is 9.00. The van der Waals surface area contributed by atoms with Gasteiger partial charge >= 0.3 is 0 Å². The fraction of sp³-hybridized carbons (Fsp3) is 1.00. The summed E-state index contributed by atoms with van der Waals surface area (Å²) in [6.45, 7) is 14.0. The standard InChI is InChI=1S/C26H54O/c1-7-13-17-21-25(11-5,22-18-14-8-2)27-26(12-6,23-19-15-9-3)24-20-16-10-4/h7-24H2,1-6H3. The number of rotatable bonds is 20. The summed E-state index contributed by atoms with van der Waals surface area (Å²) in [5.74, 6) is 0. The molecule has 0 atom stereocenters. The van der Waals surface area contributed by atoms with Crippen LogP contribution < -0.4 is 0 Å². The van der Waals surface area contributed by atoms with Gasteiger partial charge in [0, 0.05) is 0 Å². The van der Waals surface area contributed by atoms with E-state index in [9.17, 15) is 0 Å². The van der Waals surface area contributed by atoms with Gasteiger partial charge in [-0.1, -0.05) is 119 Å². The van der Waals surface area contributed by atoms with E-state index < -0.39 is 0 Å². The van der Waals surface area contributed by atoms with Gasteiger partial charge in [-0.15, -0.1) is 0 Å². The van der Waals surface area contributed by atoms with Gasteiger partial charge in [0.15, 0.2) is 0 Å². The third-order valence-electron chi connectivity index (χ3n) is 6.67. The third-order valence-corrected chi connectivity index (χ3v) is 6.67. The summed E-state index contributed by atoms with van der Waals surface area (Å²) in [4.78, 5) is 0. The van der Waals surface area contributed by atoms with Crippen LogP contribution in [-0.2, 0) is 4.74 Å². The molecule has 164 valence electrons. The molecule has 0 aliphatic heterocycles. The van der Waals surface area contributed by atoms with Crippen LogP contribution in [0.25, 0.3) is 0 Å². The molecule has 0 bridgehead atoms. The van der Waals surface area contributed by atoms with Gasteiger partial charge in [-0.05, 0) is 38.5 Å². The van der Waals surface area contributed by atoms with Crippen LogP contribution in [-0.4, -0.2) is 11.2 Å². The minimum absolute atomic E-state index is 0.124. The van der Waals surface area contributed by atoms with Crippen LogP contribution in [0.1, 0.15) is 157 Å². The average molecular weight is 383 g/mol. The number of hydrogen-bond donors (Lipinski definition) is 0. The zero-order valence-electron chi connectivity index (χ0n) is 20.1. The smallest absolute Gasteiger partial charge is 0.0687 e. The molecule has 1 heteroatoms. The lowest BCUT2D eigenvalue weighted by atomic mass is 9.82. The maximum Gasteiger partial charge on any atom is 0.0687 e. The largest absolute Gasteiger partial charge is 0.369 e. The van der Waals surface area contributed by atoms with E-state index in [1.54, 1.807) is 0 Å². The molecule has 0 unspecified atom stereocenters. The molecule has 0 aromatic rings. The Bertz CT molecular complexity index is 259. The molecule has 0 saturated heterocycles. The zero-order valence-corrected chi connectivity index (χ0v) is 20.1. The van der Waals surface area contributed by atoms with Crippen molar-refractivity contribution in [1.29, 1.82) is 0 Å². The second kappa shape index (κ2) is 16.9. The molecule has 0 amide bonds. The van der Waals surface area contributed by atoms with Crippen molar-refractivity contribution in [2.24, 2.45) is 0 Å². The Balaban J connectivity index is 5.33. The van der Waals surface area contributed by atoms with E-state index in [-0.39, 0.29) is 11.2 Å². The molecule has 27 heavy (non-hydrogen) atoms. The number of ether oxygens (including phenoxy) is 1. The molecule has 0 rings (SSSR count). The minimum Gasteiger partial charge on any atom is -0.369 e. The lowest BCUT2D eigenvalue weighted by Crippen LogP contribution is -2.44. The van der Waals surface area contributed by atoms with Crippen LogP contribution in [0, 0.1) is 0 Å². The van der Waals surface area contributed by atoms with Gasteiger partial charge in [0.1, 0.15) is 0 Å². The van der Waals surface area contributed by atoms with Crippen molar-refractivity contribution in [2.45, 2.75) is 168 Å². The zero-order chi connectivity index (χ0) is 20.4. The van der Waals surface area contributed by atoms with Gasteiger partial charge in [0.05, 0.1) is 11.2 Å². The molecule has 0 fully saturated rings. The molecule has 0 aromatic carbocycles. The van der Waals surface area contributed by atoms with Gasteiger partial charge < -0.3 is 4.74 Å². The van der Waals surface area contributed by atoms with E-state index in [2.05, 4.69) is 41.5 Å². The fourth-order valence-electron chi connectivity index (χ4n) is 4.55. The topological polar surface area (TPSA) is 9.23 Å². The first-order valence-corrected chi connectivity index (χ1v) is 12.8. The predicted octanol–water partition coefficient (Wildman–Crippen LogP) is 9.62. The van der Waals surface area contributed by atoms with E-state index in [0.717, 1.165) is 0 Å². The Hall–Kier alpha value is -0.0400. The van der Waals surface area contributed by atoms with Crippen molar-refractivity contribution in [1.82, 2.24) is 0 Å². The molecule has 0 aliphatic carbocycles. The molecule has 0 radical (unpaired) electrons. The molecular formula is C26H54O. The first kappa shape index (κ1) is 27.0. The van der Waals surface area contributed by atoms with Crippen LogP contribution in [0.4, 0.5) is 0 Å². The van der Waals surface area contributed by atoms with E-state index in [1.807, 2.05) is 0 Å². The normalized spacial score (nSPS) is 12.7. The molecule has 0 spiro atoms. The SMILES string of the molecule is CCCCCC(CC)(CCCCC)OC(CC)(CCCCC)CCCCC. The van der Waals surface area contributed by atoms with E-state index >= 15 is 0 Å². The van der Waals surface area contributed by atoms with Crippen LogP contribution >= 0.6 is 0 Å². The van der Waals surface area contributed by atoms with E-state index in [4.69, 9.17) is 4.74 Å². The molecule has 0 aromatic heterocycles. The molecule has 0 N–H and O–H groups in total. The second-order valence-corrected chi connectivity index (χ2v) is 9.00. The Morgan fingerprint density at radius 3 is 0.852 bits per heavy atom. The van der Waals surface area contributed by atoms with Crippen LogP contribution in [0.15, 0.2) is 0 Å². The van der Waals surface area contributed by atoms with Gasteiger partial charge in [0.2, 0.25) is 0 Å². The lowest BCUT2D eigenvalue weighted by molar-refractivity contribution is -0.178. The monoisotopic (exact) mass is 382 g/mol. The van der Waals surface area contributed by atoms with Crippen molar-refractivity contribution in [3.05, 3.63) is 0 Å². The van der Waals surface area contributed by atoms with Crippen molar-refractivity contribution >= 4 is 0 Å². The minimum atomic E-state index is 0.124. The maximum absolute atomic E-state index is 7.31. The highest BCUT2D eigenvalue weighted by molar-refractivity contribution is 4.88. The Labute approximate surface area is 173 Å². The highest BCUT2D eigenvalue weighted by atomic mass is 16.5. The van der Waals surface area contributed by atoms with E-state index in [1.165, 1.54) is 116 Å². The predicted molar refractivity (Wildman–Crippen MR) is 124 cm³/mol. The summed E-state index contributed by atoms with van der Waals surface area (Å²) in [6, 6.07) is 0. The molecule has 1 nitrogen and oxygen atoms in total. The summed E-state index contributed by atoms with van der Waals surface area (Å²) in [6.07, 6.45) is 23.4. The highest BCUT2D eigenvalue weighted by Gasteiger charge is 2.38. The lowest BCUT2D eigenvalue weighted by Gasteiger charge is -2.45. The van der Waals surface area contributed by atoms with Crippen LogP contribution in [0.2, 0.25) is 0 Å². The van der Waals surface area contributed by atoms with Gasteiger partial charge in [-0.3, -0.25) is 0 Å². The quantitative estimate of drug-likeness (QED) is 0.190. The Morgan fingerprint density at radius 2 is 0.667 bits per heavy atom. The van der Waals surface area contributed by atoms with Crippen molar-refractivity contribution in [2.75, 3.05) is 0 Å². The maximum atomic E-state index is 7.31. The van der Waals surface area contributed by atoms with Crippen molar-refractivity contribution in [3.8, 4) is 0 Å². The average Bonchev–Trinajstić information content (AvgIpc) is 2.68. The molecule has 0 aliphatic rings. The summed E-state index contributed by atoms with van der Waals surface area (Å²) in [5, 5.41) is 0. The van der Waals surface area contributed by atoms with Crippen molar-refractivity contribution in [3.63, 3.8) is 0 Å². The Kier molecular flexibility index (Phi) is 16.8. The molecular weight excluding hydrogens is 328 g/mol. The summed E-state index contributed by atoms with van der Waals surface area (Å²) >= 11 is 0. The first-order valence-electron chi connectivity index (χ1n) is 12.8. The summed E-state index contributed by atoms with van der Waals surface area (Å²) < 4.78 is 7.31. The number of hydrogen-bond acceptors (Lipinski definition) is 1. The van der Waals surface area contributed by atoms with Crippen LogP contribution in [0.5, 0.6) is 0 Å². The molecule has 0 saturated carbocycles. The number of unbranched alkanes of at least 4 members (excludes halogenated alkanes) is 8. The van der Waals surface area contributed by atoms with Crippen molar-refractivity contribution < 1.29 is 4.74 Å². The summed E-state index contributed by atoms with van der Waals surface area (Å²) in [7, 11) is 0. The first-order chi connectivity index (χ1) is 13.1. The fourth-order valence-corrected chi connectivity index (χ4v) is 4.55. The summed E-state index contributed by atoms with van der Waals surface area (Å²) in [5.41, 5.74) is 0.248. The van der Waals surface area contributed by atoms with E-state index in [0.29, 0.717) is 0 Å². The molecule has 0 heterocycles. The van der Waals surface area contributed by atoms with Gasteiger partial charge in [0.25, 0.3) is 0 Å². The Morgan fingerprint density at radius 1 is 0.407 bits per heavy atom. The van der Waals surface area contributed by atoms with Gasteiger partial charge in [-0.2, -0.15) is 0 Å². The highest BCUT2D eigenvalue weighted by Crippen LogP contribution is 2.40. The van der Waals surface area contributed by atoms with Gasteiger partial charge in [-0.25, -0.2) is 0 Å². The third kappa shape index (κ3) is 11.5.